The molecule has 10 nitrogen and oxygen atoms in total. The molecule has 0 aliphatic carbocycles. The number of rotatable bonds is 4. The number of nitro benzene ring substituents is 2. The molecule has 0 fully saturated rings. The van der Waals surface area contributed by atoms with Crippen molar-refractivity contribution in [3.05, 3.63) is 48.3 Å². The Balaban J connectivity index is 3.14. The molecule has 0 spiro atoms. The molecule has 0 radical (unpaired) electrons. The SMILES string of the molecule is COc1cc([N+](=O)[O-])c2oc(=O)cc(CO)c2c1[N+](=O)[O-]. The Morgan fingerprint density at radius 3 is 2.43 bits per heavy atom. The van der Waals surface area contributed by atoms with Crippen LogP contribution in [0, 0.1) is 20.2 Å². The van der Waals surface area contributed by atoms with Crippen molar-refractivity contribution in [1.82, 2.24) is 0 Å². The molecule has 0 atom stereocenters. The molecule has 0 bridgehead atoms. The highest BCUT2D eigenvalue weighted by Gasteiger charge is 2.31. The number of hydrogen-bond acceptors (Lipinski definition) is 8. The Labute approximate surface area is 115 Å². The highest BCUT2D eigenvalue weighted by Crippen LogP contribution is 2.41. The van der Waals surface area contributed by atoms with Gasteiger partial charge in [0.15, 0.2) is 0 Å². The summed E-state index contributed by atoms with van der Waals surface area (Å²) in [5.74, 6) is -0.372. The van der Waals surface area contributed by atoms with Crippen LogP contribution in [0.15, 0.2) is 21.3 Å². The van der Waals surface area contributed by atoms with Crippen LogP contribution in [-0.4, -0.2) is 22.1 Å². The minimum Gasteiger partial charge on any atom is -0.490 e. The van der Waals surface area contributed by atoms with Gasteiger partial charge in [-0.15, -0.1) is 0 Å². The van der Waals surface area contributed by atoms with Gasteiger partial charge in [-0.1, -0.05) is 0 Å². The Kier molecular flexibility index (Phi) is 3.54. The van der Waals surface area contributed by atoms with Gasteiger partial charge in [0.25, 0.3) is 0 Å². The van der Waals surface area contributed by atoms with Gasteiger partial charge in [-0.05, 0) is 0 Å². The lowest BCUT2D eigenvalue weighted by Crippen LogP contribution is -2.06. The van der Waals surface area contributed by atoms with Gasteiger partial charge in [-0.3, -0.25) is 20.2 Å². The number of fused-ring (bicyclic) bond motifs is 1. The van der Waals surface area contributed by atoms with E-state index in [1.807, 2.05) is 0 Å². The number of hydrogen-bond donors (Lipinski definition) is 1. The molecule has 21 heavy (non-hydrogen) atoms. The van der Waals surface area contributed by atoms with Gasteiger partial charge in [-0.2, -0.15) is 0 Å². The molecule has 0 aliphatic rings. The van der Waals surface area contributed by atoms with E-state index in [9.17, 15) is 30.1 Å². The van der Waals surface area contributed by atoms with Crippen LogP contribution >= 0.6 is 0 Å². The number of non-ortho nitro benzene ring substituents is 1. The van der Waals surface area contributed by atoms with Gasteiger partial charge in [0.1, 0.15) is 5.39 Å². The summed E-state index contributed by atoms with van der Waals surface area (Å²) in [6, 6.07) is 1.63. The minimum atomic E-state index is -0.964. The summed E-state index contributed by atoms with van der Waals surface area (Å²) in [5.41, 5.74) is -2.99. The fourth-order valence-electron chi connectivity index (χ4n) is 1.96. The molecular formula is C11H8N2O8. The second kappa shape index (κ2) is 5.17. The van der Waals surface area contributed by atoms with E-state index in [1.165, 1.54) is 0 Å². The predicted molar refractivity (Wildman–Crippen MR) is 68.3 cm³/mol. The van der Waals surface area contributed by atoms with E-state index in [0.717, 1.165) is 19.2 Å². The molecule has 0 saturated heterocycles. The lowest BCUT2D eigenvalue weighted by molar-refractivity contribution is -0.387. The van der Waals surface area contributed by atoms with E-state index in [-0.39, 0.29) is 16.7 Å². The summed E-state index contributed by atoms with van der Waals surface area (Å²) in [5, 5.41) is 31.1. The summed E-state index contributed by atoms with van der Waals surface area (Å²) < 4.78 is 9.51. The Bertz CT molecular complexity index is 810. The number of aliphatic hydroxyl groups excluding tert-OH is 1. The first-order valence-electron chi connectivity index (χ1n) is 5.48. The zero-order valence-corrected chi connectivity index (χ0v) is 10.6. The first-order chi connectivity index (χ1) is 9.90. The van der Waals surface area contributed by atoms with Crippen LogP contribution in [0.1, 0.15) is 5.56 Å². The molecule has 1 aromatic carbocycles. The molecular weight excluding hydrogens is 288 g/mol. The number of methoxy groups -OCH3 is 1. The van der Waals surface area contributed by atoms with E-state index in [4.69, 9.17) is 9.15 Å². The summed E-state index contributed by atoms with van der Waals surface area (Å²) >= 11 is 0. The third-order valence-electron chi connectivity index (χ3n) is 2.78. The van der Waals surface area contributed by atoms with Crippen LogP contribution in [0.5, 0.6) is 5.75 Å². The maximum atomic E-state index is 11.4. The van der Waals surface area contributed by atoms with Crippen LogP contribution in [-0.2, 0) is 6.61 Å². The summed E-state index contributed by atoms with van der Waals surface area (Å²) in [6.07, 6.45) is 0. The maximum absolute atomic E-state index is 11.4. The zero-order chi connectivity index (χ0) is 15.7. The quantitative estimate of drug-likeness (QED) is 0.501. The van der Waals surface area contributed by atoms with Gasteiger partial charge in [0.05, 0.1) is 29.6 Å². The fourth-order valence-corrected chi connectivity index (χ4v) is 1.96. The van der Waals surface area contributed by atoms with E-state index < -0.39 is 39.0 Å². The Hall–Kier alpha value is -3.01. The fraction of sp³-hybridized carbons (Fsp3) is 0.182. The molecule has 2 aromatic rings. The molecule has 1 aromatic heterocycles. The largest absolute Gasteiger partial charge is 0.490 e. The topological polar surface area (TPSA) is 146 Å². The zero-order valence-electron chi connectivity index (χ0n) is 10.6. The molecule has 0 aliphatic heterocycles. The maximum Gasteiger partial charge on any atom is 0.336 e. The normalized spacial score (nSPS) is 10.6. The lowest BCUT2D eigenvalue weighted by Gasteiger charge is -2.07. The molecule has 0 amide bonds. The number of nitro groups is 2. The Morgan fingerprint density at radius 2 is 1.95 bits per heavy atom. The summed E-state index contributed by atoms with van der Waals surface area (Å²) in [4.78, 5) is 31.9. The standard InChI is InChI=1S/C11H8N2O8/c1-20-7-3-6(12(16)17)11-9(10(7)13(18)19)5(4-14)2-8(15)21-11/h2-3,14H,4H2,1H3. The van der Waals surface area contributed by atoms with E-state index in [2.05, 4.69) is 0 Å². The molecule has 1 N–H and O–H groups in total. The van der Waals surface area contributed by atoms with Crippen LogP contribution < -0.4 is 10.4 Å². The van der Waals surface area contributed by atoms with Crippen LogP contribution in [0.2, 0.25) is 0 Å². The third kappa shape index (κ3) is 2.27. The van der Waals surface area contributed by atoms with Gasteiger partial charge in [-0.25, -0.2) is 4.79 Å². The van der Waals surface area contributed by atoms with Crippen molar-refractivity contribution >= 4 is 22.3 Å². The highest BCUT2D eigenvalue weighted by molar-refractivity contribution is 5.98. The van der Waals surface area contributed by atoms with E-state index in [1.54, 1.807) is 0 Å². The van der Waals surface area contributed by atoms with Gasteiger partial charge >= 0.3 is 17.0 Å². The number of nitrogens with zero attached hydrogens (tertiary/aromatic N) is 2. The average Bonchev–Trinajstić information content (AvgIpc) is 2.43. The van der Waals surface area contributed by atoms with Crippen molar-refractivity contribution in [2.24, 2.45) is 0 Å². The van der Waals surface area contributed by atoms with Gasteiger partial charge in [0, 0.05) is 11.6 Å². The van der Waals surface area contributed by atoms with Gasteiger partial charge < -0.3 is 14.3 Å². The average molecular weight is 296 g/mol. The molecule has 10 heteroatoms. The van der Waals surface area contributed by atoms with Crippen molar-refractivity contribution in [3.8, 4) is 5.75 Å². The van der Waals surface area contributed by atoms with Crippen LogP contribution in [0.25, 0.3) is 11.0 Å². The summed E-state index contributed by atoms with van der Waals surface area (Å²) in [7, 11) is 1.11. The molecule has 1 heterocycles. The molecule has 0 unspecified atom stereocenters. The number of aliphatic hydroxyl groups is 1. The monoisotopic (exact) mass is 296 g/mol. The van der Waals surface area contributed by atoms with Crippen molar-refractivity contribution in [3.63, 3.8) is 0 Å². The second-order valence-electron chi connectivity index (χ2n) is 3.91. The number of benzene rings is 1. The smallest absolute Gasteiger partial charge is 0.336 e. The van der Waals surface area contributed by atoms with Crippen LogP contribution in [0.3, 0.4) is 0 Å². The van der Waals surface area contributed by atoms with E-state index >= 15 is 0 Å². The molecule has 2 rings (SSSR count). The second-order valence-corrected chi connectivity index (χ2v) is 3.91. The lowest BCUT2D eigenvalue weighted by atomic mass is 10.1. The van der Waals surface area contributed by atoms with E-state index in [0.29, 0.717) is 0 Å². The van der Waals surface area contributed by atoms with Crippen molar-refractivity contribution < 1.29 is 24.1 Å². The molecule has 0 saturated carbocycles. The first-order valence-corrected chi connectivity index (χ1v) is 5.48. The predicted octanol–water partition coefficient (Wildman–Crippen LogP) is 1.11. The third-order valence-corrected chi connectivity index (χ3v) is 2.78. The Morgan fingerprint density at radius 1 is 1.29 bits per heavy atom. The highest BCUT2D eigenvalue weighted by atomic mass is 16.6. The van der Waals surface area contributed by atoms with Crippen molar-refractivity contribution in [2.45, 2.75) is 6.61 Å². The first kappa shape index (κ1) is 14.4. The minimum absolute atomic E-state index is 0.157. The van der Waals surface area contributed by atoms with Crippen LogP contribution in [0.4, 0.5) is 11.4 Å². The van der Waals surface area contributed by atoms with Gasteiger partial charge in [0.2, 0.25) is 11.3 Å². The summed E-state index contributed by atoms with van der Waals surface area (Å²) in [6.45, 7) is -0.729. The van der Waals surface area contributed by atoms with Crippen molar-refractivity contribution in [2.75, 3.05) is 7.11 Å². The number of ether oxygens (including phenoxy) is 1. The molecule has 110 valence electrons. The van der Waals surface area contributed by atoms with Crippen molar-refractivity contribution in [1.29, 1.82) is 0 Å².